The van der Waals surface area contributed by atoms with Crippen LogP contribution in [-0.2, 0) is 13.0 Å². The van der Waals surface area contributed by atoms with E-state index in [2.05, 4.69) is 5.32 Å². The van der Waals surface area contributed by atoms with E-state index in [1.54, 1.807) is 6.07 Å². The van der Waals surface area contributed by atoms with Crippen LogP contribution in [0.3, 0.4) is 0 Å². The van der Waals surface area contributed by atoms with Gasteiger partial charge in [0, 0.05) is 18.7 Å². The molecule has 21 heavy (non-hydrogen) atoms. The number of benzene rings is 2. The van der Waals surface area contributed by atoms with E-state index in [1.807, 2.05) is 42.5 Å². The summed E-state index contributed by atoms with van der Waals surface area (Å²) in [6.45, 7) is 0.945. The number of nitrogens with one attached hydrogen (secondary N) is 1. The highest BCUT2D eigenvalue weighted by atomic mass is 16.5. The van der Waals surface area contributed by atoms with E-state index in [1.165, 1.54) is 7.11 Å². The van der Waals surface area contributed by atoms with Crippen molar-refractivity contribution in [2.24, 2.45) is 0 Å². The number of aromatic hydroxyl groups is 1. The van der Waals surface area contributed by atoms with E-state index in [0.717, 1.165) is 11.1 Å². The van der Waals surface area contributed by atoms with Gasteiger partial charge in [-0.2, -0.15) is 0 Å². The summed E-state index contributed by atoms with van der Waals surface area (Å²) in [6.07, 6.45) is 0.151. The van der Waals surface area contributed by atoms with Crippen molar-refractivity contribution in [2.75, 3.05) is 13.7 Å². The molecule has 1 atom stereocenters. The number of rotatable bonds is 7. The quantitative estimate of drug-likeness (QED) is 0.730. The molecule has 0 fully saturated rings. The maximum Gasteiger partial charge on any atom is 0.162 e. The number of aliphatic hydroxyl groups excluding tert-OH is 1. The Morgan fingerprint density at radius 1 is 1.10 bits per heavy atom. The van der Waals surface area contributed by atoms with Crippen molar-refractivity contribution in [1.29, 1.82) is 0 Å². The molecule has 3 N–H and O–H groups in total. The van der Waals surface area contributed by atoms with Crippen LogP contribution in [-0.4, -0.2) is 30.0 Å². The molecule has 0 aliphatic carbocycles. The Morgan fingerprint density at radius 2 is 1.86 bits per heavy atom. The molecule has 0 saturated heterocycles. The summed E-state index contributed by atoms with van der Waals surface area (Å²) in [7, 11) is 1.52. The summed E-state index contributed by atoms with van der Waals surface area (Å²) in [4.78, 5) is 0. The Morgan fingerprint density at radius 3 is 2.57 bits per heavy atom. The highest BCUT2D eigenvalue weighted by molar-refractivity contribution is 5.45. The number of hydrogen-bond donors (Lipinski definition) is 3. The van der Waals surface area contributed by atoms with E-state index in [4.69, 9.17) is 4.74 Å². The molecule has 0 saturated carbocycles. The van der Waals surface area contributed by atoms with Crippen molar-refractivity contribution >= 4 is 0 Å². The zero-order valence-corrected chi connectivity index (χ0v) is 12.1. The molecule has 112 valence electrons. The fourth-order valence-corrected chi connectivity index (χ4v) is 2.21. The second-order valence-corrected chi connectivity index (χ2v) is 4.94. The lowest BCUT2D eigenvalue weighted by atomic mass is 10.1. The van der Waals surface area contributed by atoms with Gasteiger partial charge in [0.05, 0.1) is 13.2 Å². The maximum absolute atomic E-state index is 10.0. The van der Waals surface area contributed by atoms with E-state index in [0.29, 0.717) is 25.3 Å². The molecule has 2 aromatic carbocycles. The predicted octanol–water partition coefficient (Wildman–Crippen LogP) is 2.09. The lowest BCUT2D eigenvalue weighted by molar-refractivity contribution is 0.171. The summed E-state index contributed by atoms with van der Waals surface area (Å²) in [6, 6.07) is 15.2. The molecule has 1 unspecified atom stereocenters. The van der Waals surface area contributed by atoms with Gasteiger partial charge in [-0.3, -0.25) is 0 Å². The molecule has 0 aliphatic heterocycles. The monoisotopic (exact) mass is 287 g/mol. The van der Waals surface area contributed by atoms with Gasteiger partial charge in [0.1, 0.15) is 0 Å². The molecule has 4 nitrogen and oxygen atoms in total. The number of phenols is 1. The van der Waals surface area contributed by atoms with E-state index in [9.17, 15) is 10.2 Å². The van der Waals surface area contributed by atoms with Gasteiger partial charge in [0.15, 0.2) is 11.5 Å². The molecular weight excluding hydrogens is 266 g/mol. The summed E-state index contributed by atoms with van der Waals surface area (Å²) in [5, 5.41) is 23.1. The van der Waals surface area contributed by atoms with Crippen LogP contribution in [0.1, 0.15) is 11.1 Å². The van der Waals surface area contributed by atoms with Crippen molar-refractivity contribution in [1.82, 2.24) is 5.32 Å². The molecule has 0 aromatic heterocycles. The van der Waals surface area contributed by atoms with E-state index >= 15 is 0 Å². The Bertz CT molecular complexity index is 557. The predicted molar refractivity (Wildman–Crippen MR) is 82.5 cm³/mol. The first kappa shape index (κ1) is 15.4. The third-order valence-electron chi connectivity index (χ3n) is 3.31. The van der Waals surface area contributed by atoms with Crippen LogP contribution in [0, 0.1) is 0 Å². The molecule has 4 heteroatoms. The topological polar surface area (TPSA) is 61.7 Å². The second kappa shape index (κ2) is 7.67. The van der Waals surface area contributed by atoms with Crippen LogP contribution in [0.2, 0.25) is 0 Å². The lowest BCUT2D eigenvalue weighted by Crippen LogP contribution is -2.28. The third-order valence-corrected chi connectivity index (χ3v) is 3.31. The largest absolute Gasteiger partial charge is 0.504 e. The van der Waals surface area contributed by atoms with Crippen molar-refractivity contribution < 1.29 is 14.9 Å². The van der Waals surface area contributed by atoms with Gasteiger partial charge in [-0.15, -0.1) is 0 Å². The van der Waals surface area contributed by atoms with Crippen LogP contribution >= 0.6 is 0 Å². The van der Waals surface area contributed by atoms with Gasteiger partial charge < -0.3 is 20.3 Å². The second-order valence-electron chi connectivity index (χ2n) is 4.94. The fourth-order valence-electron chi connectivity index (χ4n) is 2.21. The third kappa shape index (κ3) is 4.48. The maximum atomic E-state index is 10.0. The zero-order valence-electron chi connectivity index (χ0n) is 12.1. The SMILES string of the molecule is COc1cccc(CNCC(O)Cc2ccccc2)c1O. The Kier molecular flexibility index (Phi) is 5.60. The van der Waals surface area contributed by atoms with Crippen molar-refractivity contribution in [3.8, 4) is 11.5 Å². The Labute approximate surface area is 125 Å². The van der Waals surface area contributed by atoms with Gasteiger partial charge in [-0.25, -0.2) is 0 Å². The highest BCUT2D eigenvalue weighted by Crippen LogP contribution is 2.29. The molecule has 2 aromatic rings. The molecule has 0 heterocycles. The standard InChI is InChI=1S/C17H21NO3/c1-21-16-9-5-8-14(17(16)20)11-18-12-15(19)10-13-6-3-2-4-7-13/h2-9,15,18-20H,10-12H2,1H3. The first-order valence-corrected chi connectivity index (χ1v) is 6.98. The summed E-state index contributed by atoms with van der Waals surface area (Å²) in [5.74, 6) is 0.601. The van der Waals surface area contributed by atoms with Crippen LogP contribution in [0.25, 0.3) is 0 Å². The zero-order chi connectivity index (χ0) is 15.1. The van der Waals surface area contributed by atoms with Crippen LogP contribution < -0.4 is 10.1 Å². The smallest absolute Gasteiger partial charge is 0.162 e. The van der Waals surface area contributed by atoms with Gasteiger partial charge in [-0.1, -0.05) is 42.5 Å². The number of para-hydroxylation sites is 1. The average molecular weight is 287 g/mol. The molecule has 2 rings (SSSR count). The Hall–Kier alpha value is -2.04. The molecule has 0 radical (unpaired) electrons. The molecule has 0 bridgehead atoms. The highest BCUT2D eigenvalue weighted by Gasteiger charge is 2.08. The summed E-state index contributed by atoms with van der Waals surface area (Å²) in [5.41, 5.74) is 1.86. The van der Waals surface area contributed by atoms with Gasteiger partial charge in [-0.05, 0) is 18.1 Å². The average Bonchev–Trinajstić information content (AvgIpc) is 2.50. The number of methoxy groups -OCH3 is 1. The number of hydrogen-bond acceptors (Lipinski definition) is 4. The van der Waals surface area contributed by atoms with Gasteiger partial charge in [0.2, 0.25) is 0 Å². The van der Waals surface area contributed by atoms with Crippen molar-refractivity contribution in [3.63, 3.8) is 0 Å². The summed E-state index contributed by atoms with van der Waals surface area (Å²) >= 11 is 0. The first-order valence-electron chi connectivity index (χ1n) is 6.98. The van der Waals surface area contributed by atoms with Crippen LogP contribution in [0.15, 0.2) is 48.5 Å². The molecule has 0 spiro atoms. The first-order chi connectivity index (χ1) is 10.2. The minimum absolute atomic E-state index is 0.144. The number of phenolic OH excluding ortho intramolecular Hbond substituents is 1. The van der Waals surface area contributed by atoms with Crippen molar-refractivity contribution in [3.05, 3.63) is 59.7 Å². The molecule has 0 aliphatic rings. The van der Waals surface area contributed by atoms with Crippen LogP contribution in [0.4, 0.5) is 0 Å². The van der Waals surface area contributed by atoms with Crippen molar-refractivity contribution in [2.45, 2.75) is 19.1 Å². The molecule has 0 amide bonds. The van der Waals surface area contributed by atoms with E-state index < -0.39 is 6.10 Å². The normalized spacial score (nSPS) is 12.1. The van der Waals surface area contributed by atoms with Gasteiger partial charge in [0.25, 0.3) is 0 Å². The minimum atomic E-state index is -0.458. The molecular formula is C17H21NO3. The minimum Gasteiger partial charge on any atom is -0.504 e. The van der Waals surface area contributed by atoms with E-state index in [-0.39, 0.29) is 5.75 Å². The number of ether oxygens (including phenoxy) is 1. The lowest BCUT2D eigenvalue weighted by Gasteiger charge is -2.13. The summed E-state index contributed by atoms with van der Waals surface area (Å²) < 4.78 is 5.06. The van der Waals surface area contributed by atoms with Gasteiger partial charge >= 0.3 is 0 Å². The number of aliphatic hydroxyl groups is 1. The fraction of sp³-hybridized carbons (Fsp3) is 0.294. The Balaban J connectivity index is 1.81. The van der Waals surface area contributed by atoms with Crippen LogP contribution in [0.5, 0.6) is 11.5 Å².